The SMILES string of the molecule is Cn1cc(S(=O)(=O)N2CCOCC2)cc1C(=O)Oc1ccc(Cl)cc1Cc1ccccc1. The third-order valence-corrected chi connectivity index (χ3v) is 7.36. The van der Waals surface area contributed by atoms with E-state index in [0.29, 0.717) is 30.4 Å². The highest BCUT2D eigenvalue weighted by Gasteiger charge is 2.29. The lowest BCUT2D eigenvalue weighted by molar-refractivity contribution is 0.0722. The van der Waals surface area contributed by atoms with Crippen LogP contribution in [-0.2, 0) is 28.2 Å². The van der Waals surface area contributed by atoms with Gasteiger partial charge in [0.15, 0.2) is 0 Å². The molecule has 9 heteroatoms. The molecule has 3 aromatic rings. The minimum atomic E-state index is -3.72. The summed E-state index contributed by atoms with van der Waals surface area (Å²) in [5.74, 6) is -0.269. The standard InChI is InChI=1S/C23H23ClN2O5S/c1-25-16-20(32(28,29)26-9-11-30-12-10-26)15-21(25)23(27)31-22-8-7-19(24)14-18(22)13-17-5-3-2-4-6-17/h2-8,14-16H,9-13H2,1H3. The monoisotopic (exact) mass is 474 g/mol. The first kappa shape index (κ1) is 22.5. The van der Waals surface area contributed by atoms with Gasteiger partial charge < -0.3 is 14.0 Å². The largest absolute Gasteiger partial charge is 0.422 e. The van der Waals surface area contributed by atoms with E-state index in [-0.39, 0.29) is 23.7 Å². The Bertz CT molecular complexity index is 1220. The van der Waals surface area contributed by atoms with E-state index >= 15 is 0 Å². The number of carbonyl (C=O) groups is 1. The molecule has 0 N–H and O–H groups in total. The molecule has 0 bridgehead atoms. The number of benzene rings is 2. The molecule has 1 aliphatic heterocycles. The quantitative estimate of drug-likeness (QED) is 0.403. The first-order chi connectivity index (χ1) is 15.3. The van der Waals surface area contributed by atoms with Gasteiger partial charge in [-0.25, -0.2) is 13.2 Å². The van der Waals surface area contributed by atoms with Gasteiger partial charge in [0.25, 0.3) is 0 Å². The summed E-state index contributed by atoms with van der Waals surface area (Å²) >= 11 is 6.16. The van der Waals surface area contributed by atoms with Crippen LogP contribution in [0.25, 0.3) is 0 Å². The molecule has 0 amide bonds. The number of ether oxygens (including phenoxy) is 2. The van der Waals surface area contributed by atoms with Gasteiger partial charge in [-0.05, 0) is 29.8 Å². The average molecular weight is 475 g/mol. The first-order valence-electron chi connectivity index (χ1n) is 10.1. The third kappa shape index (κ3) is 4.88. The highest BCUT2D eigenvalue weighted by molar-refractivity contribution is 7.89. The summed E-state index contributed by atoms with van der Waals surface area (Å²) in [5.41, 5.74) is 1.94. The van der Waals surface area contributed by atoms with Crippen LogP contribution in [-0.4, -0.2) is 49.6 Å². The van der Waals surface area contributed by atoms with E-state index in [1.54, 1.807) is 25.2 Å². The lowest BCUT2D eigenvalue weighted by atomic mass is 10.0. The summed E-state index contributed by atoms with van der Waals surface area (Å²) in [6.45, 7) is 1.26. The van der Waals surface area contributed by atoms with Gasteiger partial charge in [0.2, 0.25) is 10.0 Å². The number of hydrogen-bond acceptors (Lipinski definition) is 5. The molecule has 1 saturated heterocycles. The lowest BCUT2D eigenvalue weighted by Crippen LogP contribution is -2.40. The second-order valence-electron chi connectivity index (χ2n) is 7.49. The Hall–Kier alpha value is -2.65. The molecule has 0 atom stereocenters. The molecule has 168 valence electrons. The summed E-state index contributed by atoms with van der Waals surface area (Å²) in [4.78, 5) is 13.0. The number of sulfonamides is 1. The Balaban J connectivity index is 1.57. The van der Waals surface area contributed by atoms with Gasteiger partial charge in [-0.2, -0.15) is 4.31 Å². The smallest absolute Gasteiger partial charge is 0.360 e. The van der Waals surface area contributed by atoms with Gasteiger partial charge in [0.1, 0.15) is 16.3 Å². The zero-order valence-electron chi connectivity index (χ0n) is 17.5. The van der Waals surface area contributed by atoms with Crippen molar-refractivity contribution in [2.75, 3.05) is 26.3 Å². The van der Waals surface area contributed by atoms with Crippen molar-refractivity contribution in [2.24, 2.45) is 7.05 Å². The maximum Gasteiger partial charge on any atom is 0.360 e. The van der Waals surface area contributed by atoms with Crippen molar-refractivity contribution >= 4 is 27.6 Å². The molecule has 0 spiro atoms. The topological polar surface area (TPSA) is 77.8 Å². The predicted octanol–water partition coefficient (Wildman–Crippen LogP) is 3.51. The molecule has 2 heterocycles. The number of halogens is 1. The summed E-state index contributed by atoms with van der Waals surface area (Å²) < 4.78 is 39.6. The van der Waals surface area contributed by atoms with Gasteiger partial charge in [-0.15, -0.1) is 0 Å². The molecule has 4 rings (SSSR count). The molecule has 1 fully saturated rings. The first-order valence-corrected chi connectivity index (χ1v) is 12.0. The molecule has 7 nitrogen and oxygen atoms in total. The minimum Gasteiger partial charge on any atom is -0.422 e. The zero-order chi connectivity index (χ0) is 22.7. The Morgan fingerprint density at radius 2 is 1.81 bits per heavy atom. The highest BCUT2D eigenvalue weighted by atomic mass is 35.5. The maximum absolute atomic E-state index is 12.9. The van der Waals surface area contributed by atoms with Crippen molar-refractivity contribution in [3.63, 3.8) is 0 Å². The fraction of sp³-hybridized carbons (Fsp3) is 0.261. The molecule has 0 unspecified atom stereocenters. The molecule has 1 aliphatic rings. The van der Waals surface area contributed by atoms with Crippen molar-refractivity contribution in [3.05, 3.63) is 82.6 Å². The number of aryl methyl sites for hydroxylation is 1. The van der Waals surface area contributed by atoms with Crippen molar-refractivity contribution in [3.8, 4) is 5.75 Å². The molecule has 1 aromatic heterocycles. The van der Waals surface area contributed by atoms with E-state index < -0.39 is 16.0 Å². The van der Waals surface area contributed by atoms with Crippen LogP contribution >= 0.6 is 11.6 Å². The van der Waals surface area contributed by atoms with Crippen LogP contribution in [0.5, 0.6) is 5.75 Å². The van der Waals surface area contributed by atoms with E-state index in [2.05, 4.69) is 0 Å². The van der Waals surface area contributed by atoms with Gasteiger partial charge >= 0.3 is 5.97 Å². The van der Waals surface area contributed by atoms with Crippen molar-refractivity contribution in [1.82, 2.24) is 8.87 Å². The van der Waals surface area contributed by atoms with E-state index in [4.69, 9.17) is 21.1 Å². The van der Waals surface area contributed by atoms with E-state index in [0.717, 1.165) is 11.1 Å². The fourth-order valence-corrected chi connectivity index (χ4v) is 5.24. The molecular weight excluding hydrogens is 452 g/mol. The van der Waals surface area contributed by atoms with Crippen molar-refractivity contribution < 1.29 is 22.7 Å². The van der Waals surface area contributed by atoms with E-state index in [1.165, 1.54) is 21.1 Å². The van der Waals surface area contributed by atoms with Gasteiger partial charge in [-0.1, -0.05) is 41.9 Å². The van der Waals surface area contributed by atoms with Gasteiger partial charge in [-0.3, -0.25) is 0 Å². The molecule has 0 aliphatic carbocycles. The van der Waals surface area contributed by atoms with Crippen molar-refractivity contribution in [1.29, 1.82) is 0 Å². The average Bonchev–Trinajstić information content (AvgIpc) is 3.19. The van der Waals surface area contributed by atoms with Crippen LogP contribution in [0.4, 0.5) is 0 Å². The highest BCUT2D eigenvalue weighted by Crippen LogP contribution is 2.27. The number of hydrogen-bond donors (Lipinski definition) is 0. The van der Waals surface area contributed by atoms with Crippen molar-refractivity contribution in [2.45, 2.75) is 11.3 Å². The van der Waals surface area contributed by atoms with Crippen LogP contribution < -0.4 is 4.74 Å². The summed E-state index contributed by atoms with van der Waals surface area (Å²) in [7, 11) is -2.10. The molecule has 0 saturated carbocycles. The zero-order valence-corrected chi connectivity index (χ0v) is 19.1. The molecule has 32 heavy (non-hydrogen) atoms. The Morgan fingerprint density at radius 3 is 2.53 bits per heavy atom. The van der Waals surface area contributed by atoms with Crippen LogP contribution in [0, 0.1) is 0 Å². The second kappa shape index (κ2) is 9.46. The Kier molecular flexibility index (Phi) is 6.66. The van der Waals surface area contributed by atoms with Crippen LogP contribution in [0.2, 0.25) is 5.02 Å². The van der Waals surface area contributed by atoms with Gasteiger partial charge in [0.05, 0.1) is 13.2 Å². The number of nitrogens with zero attached hydrogens (tertiary/aromatic N) is 2. The van der Waals surface area contributed by atoms with Crippen LogP contribution in [0.15, 0.2) is 65.7 Å². The normalized spacial score (nSPS) is 14.9. The van der Waals surface area contributed by atoms with Crippen LogP contribution in [0.1, 0.15) is 21.6 Å². The van der Waals surface area contributed by atoms with E-state index in [1.807, 2.05) is 30.3 Å². The van der Waals surface area contributed by atoms with Gasteiger partial charge in [0, 0.05) is 43.3 Å². The maximum atomic E-state index is 12.9. The predicted molar refractivity (Wildman–Crippen MR) is 121 cm³/mol. The van der Waals surface area contributed by atoms with E-state index in [9.17, 15) is 13.2 Å². The molecule has 0 radical (unpaired) electrons. The Morgan fingerprint density at radius 1 is 1.09 bits per heavy atom. The summed E-state index contributed by atoms with van der Waals surface area (Å²) in [6.07, 6.45) is 1.96. The molecular formula is C23H23ClN2O5S. The second-order valence-corrected chi connectivity index (χ2v) is 9.87. The summed E-state index contributed by atoms with van der Waals surface area (Å²) in [6, 6.07) is 16.2. The number of aromatic nitrogens is 1. The number of morpholine rings is 1. The van der Waals surface area contributed by atoms with Crippen LogP contribution in [0.3, 0.4) is 0 Å². The number of esters is 1. The number of rotatable bonds is 6. The fourth-order valence-electron chi connectivity index (χ4n) is 3.57. The minimum absolute atomic E-state index is 0.0504. The lowest BCUT2D eigenvalue weighted by Gasteiger charge is -2.25. The third-order valence-electron chi connectivity index (χ3n) is 5.26. The summed E-state index contributed by atoms with van der Waals surface area (Å²) in [5, 5.41) is 0.536. The number of carbonyl (C=O) groups excluding carboxylic acids is 1. The Labute approximate surface area is 192 Å². The molecule has 2 aromatic carbocycles.